The van der Waals surface area contributed by atoms with Gasteiger partial charge in [0, 0.05) is 40.3 Å². The van der Waals surface area contributed by atoms with Crippen LogP contribution in [0.4, 0.5) is 11.6 Å². The zero-order valence-corrected chi connectivity index (χ0v) is 17.3. The number of rotatable bonds is 3. The molecule has 1 atom stereocenters. The molecule has 3 aromatic rings. The van der Waals surface area contributed by atoms with Crippen molar-refractivity contribution in [2.45, 2.75) is 32.7 Å². The standard InChI is InChI=1S/C21H19N5O3S/c1-21(2)10-14-17(15(27)11-21)18(16-7-4-8-30-16)25-20(22-14)23-19(24-25)12-5-3-6-13(9-12)26(28)29/h3-9,18H,10-11H2,1-2H3,(H,22,23,24). The summed E-state index contributed by atoms with van der Waals surface area (Å²) in [6, 6.07) is 9.87. The van der Waals surface area contributed by atoms with E-state index in [0.29, 0.717) is 23.8 Å². The minimum absolute atomic E-state index is 0.0163. The van der Waals surface area contributed by atoms with Crippen LogP contribution < -0.4 is 5.32 Å². The van der Waals surface area contributed by atoms with Gasteiger partial charge in [0.15, 0.2) is 11.6 Å². The summed E-state index contributed by atoms with van der Waals surface area (Å²) in [4.78, 5) is 29.5. The number of anilines is 1. The molecule has 0 saturated heterocycles. The third-order valence-electron chi connectivity index (χ3n) is 5.46. The predicted octanol–water partition coefficient (Wildman–Crippen LogP) is 4.57. The molecule has 3 heterocycles. The minimum Gasteiger partial charge on any atom is -0.328 e. The molecule has 0 saturated carbocycles. The molecule has 1 aromatic carbocycles. The number of nitrogens with zero attached hydrogens (tertiary/aromatic N) is 4. The Morgan fingerprint density at radius 1 is 1.27 bits per heavy atom. The predicted molar refractivity (Wildman–Crippen MR) is 113 cm³/mol. The van der Waals surface area contributed by atoms with Crippen molar-refractivity contribution >= 4 is 28.8 Å². The molecule has 5 rings (SSSR count). The smallest absolute Gasteiger partial charge is 0.270 e. The van der Waals surface area contributed by atoms with Gasteiger partial charge in [-0.15, -0.1) is 16.4 Å². The molecule has 2 aromatic heterocycles. The first kappa shape index (κ1) is 18.7. The SMILES string of the molecule is CC1(C)CC(=O)C2=C(C1)Nc1nc(-c3cccc([N+](=O)[O-])c3)nn1C2c1cccs1. The Kier molecular flexibility index (Phi) is 4.11. The van der Waals surface area contributed by atoms with Gasteiger partial charge in [0.2, 0.25) is 5.95 Å². The summed E-state index contributed by atoms with van der Waals surface area (Å²) in [5, 5.41) is 21.1. The first-order valence-corrected chi connectivity index (χ1v) is 10.5. The Morgan fingerprint density at radius 2 is 2.10 bits per heavy atom. The fraction of sp³-hybridized carbons (Fsp3) is 0.286. The Morgan fingerprint density at radius 3 is 2.83 bits per heavy atom. The number of aromatic nitrogens is 3. The number of ketones is 1. The van der Waals surface area contributed by atoms with E-state index in [4.69, 9.17) is 0 Å². The van der Waals surface area contributed by atoms with Crippen molar-refractivity contribution in [2.24, 2.45) is 5.41 Å². The van der Waals surface area contributed by atoms with Crippen LogP contribution >= 0.6 is 11.3 Å². The van der Waals surface area contributed by atoms with Crippen molar-refractivity contribution in [3.05, 3.63) is 68.0 Å². The third-order valence-corrected chi connectivity index (χ3v) is 6.38. The molecule has 1 aliphatic carbocycles. The zero-order chi connectivity index (χ0) is 21.0. The van der Waals surface area contributed by atoms with Crippen LogP contribution in [-0.4, -0.2) is 25.5 Å². The molecular weight excluding hydrogens is 402 g/mol. The van der Waals surface area contributed by atoms with Crippen molar-refractivity contribution in [3.63, 3.8) is 0 Å². The fourth-order valence-electron chi connectivity index (χ4n) is 4.20. The fourth-order valence-corrected chi connectivity index (χ4v) is 5.02. The first-order chi connectivity index (χ1) is 14.3. The first-order valence-electron chi connectivity index (χ1n) is 9.60. The van der Waals surface area contributed by atoms with Crippen LogP contribution in [0.15, 0.2) is 53.0 Å². The number of hydrogen-bond acceptors (Lipinski definition) is 7. The largest absolute Gasteiger partial charge is 0.328 e. The molecule has 1 aliphatic heterocycles. The number of nitrogens with one attached hydrogen (secondary N) is 1. The second-order valence-corrected chi connectivity index (χ2v) is 9.37. The van der Waals surface area contributed by atoms with E-state index in [1.807, 2.05) is 17.5 Å². The lowest BCUT2D eigenvalue weighted by atomic mass is 9.73. The number of hydrogen-bond donors (Lipinski definition) is 1. The van der Waals surface area contributed by atoms with E-state index in [-0.39, 0.29) is 22.9 Å². The van der Waals surface area contributed by atoms with Gasteiger partial charge in [0.05, 0.1) is 4.92 Å². The molecule has 8 nitrogen and oxygen atoms in total. The molecule has 1 unspecified atom stereocenters. The lowest BCUT2D eigenvalue weighted by molar-refractivity contribution is -0.384. The van der Waals surface area contributed by atoms with E-state index in [2.05, 4.69) is 29.2 Å². The number of nitro benzene ring substituents is 1. The maximum absolute atomic E-state index is 13.1. The normalized spacial score (nSPS) is 19.8. The van der Waals surface area contributed by atoms with Crippen molar-refractivity contribution in [1.29, 1.82) is 0 Å². The molecule has 0 bridgehead atoms. The highest BCUT2D eigenvalue weighted by Gasteiger charge is 2.42. The quantitative estimate of drug-likeness (QED) is 0.491. The van der Waals surface area contributed by atoms with Crippen LogP contribution in [0.2, 0.25) is 0 Å². The topological polar surface area (TPSA) is 103 Å². The monoisotopic (exact) mass is 421 g/mol. The molecule has 152 valence electrons. The van der Waals surface area contributed by atoms with E-state index in [9.17, 15) is 14.9 Å². The van der Waals surface area contributed by atoms with Crippen molar-refractivity contribution in [3.8, 4) is 11.4 Å². The van der Waals surface area contributed by atoms with Crippen LogP contribution in [-0.2, 0) is 4.79 Å². The number of fused-ring (bicyclic) bond motifs is 1. The van der Waals surface area contributed by atoms with Crippen molar-refractivity contribution in [2.75, 3.05) is 5.32 Å². The lowest BCUT2D eigenvalue weighted by Crippen LogP contribution is -2.36. The summed E-state index contributed by atoms with van der Waals surface area (Å²) in [6.45, 7) is 4.18. The lowest BCUT2D eigenvalue weighted by Gasteiger charge is -2.37. The van der Waals surface area contributed by atoms with Gasteiger partial charge in [-0.1, -0.05) is 32.0 Å². The van der Waals surface area contributed by atoms with E-state index in [0.717, 1.165) is 22.6 Å². The number of nitro groups is 1. The molecular formula is C21H19N5O3S. The highest BCUT2D eigenvalue weighted by Crippen LogP contribution is 2.46. The molecule has 2 aliphatic rings. The van der Waals surface area contributed by atoms with Gasteiger partial charge in [-0.05, 0) is 23.3 Å². The van der Waals surface area contributed by atoms with Gasteiger partial charge in [-0.25, -0.2) is 4.68 Å². The summed E-state index contributed by atoms with van der Waals surface area (Å²) < 4.78 is 1.73. The highest BCUT2D eigenvalue weighted by molar-refractivity contribution is 7.10. The second-order valence-electron chi connectivity index (χ2n) is 8.39. The Bertz CT molecular complexity index is 1210. The highest BCUT2D eigenvalue weighted by atomic mass is 32.1. The van der Waals surface area contributed by atoms with Gasteiger partial charge < -0.3 is 5.32 Å². The molecule has 0 radical (unpaired) electrons. The minimum atomic E-state index is -0.437. The number of Topliss-reactive ketones (excluding diaryl/α,β-unsaturated/α-hetero) is 1. The molecule has 9 heteroatoms. The summed E-state index contributed by atoms with van der Waals surface area (Å²) in [5.74, 6) is 1.04. The average Bonchev–Trinajstić information content (AvgIpc) is 3.35. The van der Waals surface area contributed by atoms with Gasteiger partial charge >= 0.3 is 0 Å². The van der Waals surface area contributed by atoms with Crippen molar-refractivity contribution < 1.29 is 9.72 Å². The average molecular weight is 421 g/mol. The number of carbonyl (C=O) groups excluding carboxylic acids is 1. The number of thiophene rings is 1. The molecule has 1 N–H and O–H groups in total. The molecule has 0 fully saturated rings. The van der Waals surface area contributed by atoms with Gasteiger partial charge in [0.1, 0.15) is 6.04 Å². The number of benzene rings is 1. The number of carbonyl (C=O) groups is 1. The summed E-state index contributed by atoms with van der Waals surface area (Å²) in [5.41, 5.74) is 2.04. The van der Waals surface area contributed by atoms with Gasteiger partial charge in [-0.3, -0.25) is 14.9 Å². The Hall–Kier alpha value is -3.33. The second kappa shape index (κ2) is 6.60. The van der Waals surface area contributed by atoms with Gasteiger partial charge in [0.25, 0.3) is 5.69 Å². The van der Waals surface area contributed by atoms with E-state index >= 15 is 0 Å². The number of allylic oxidation sites excluding steroid dienone is 2. The molecule has 30 heavy (non-hydrogen) atoms. The van der Waals surface area contributed by atoms with Crippen LogP contribution in [0.3, 0.4) is 0 Å². The Labute approximate surface area is 176 Å². The van der Waals surface area contributed by atoms with Gasteiger partial charge in [-0.2, -0.15) is 4.98 Å². The molecule has 0 amide bonds. The maximum atomic E-state index is 13.1. The van der Waals surface area contributed by atoms with Crippen LogP contribution in [0.5, 0.6) is 0 Å². The molecule has 0 spiro atoms. The van der Waals surface area contributed by atoms with Crippen LogP contribution in [0.25, 0.3) is 11.4 Å². The third kappa shape index (κ3) is 3.02. The van der Waals surface area contributed by atoms with E-state index in [1.165, 1.54) is 12.1 Å². The summed E-state index contributed by atoms with van der Waals surface area (Å²) in [6.07, 6.45) is 1.23. The van der Waals surface area contributed by atoms with E-state index in [1.54, 1.807) is 28.2 Å². The van der Waals surface area contributed by atoms with E-state index < -0.39 is 4.92 Å². The number of non-ortho nitro benzene ring substituents is 1. The Balaban J connectivity index is 1.65. The van der Waals surface area contributed by atoms with Crippen LogP contribution in [0, 0.1) is 15.5 Å². The van der Waals surface area contributed by atoms with Crippen LogP contribution in [0.1, 0.15) is 37.6 Å². The van der Waals surface area contributed by atoms with Crippen molar-refractivity contribution in [1.82, 2.24) is 14.8 Å². The zero-order valence-electron chi connectivity index (χ0n) is 16.5. The summed E-state index contributed by atoms with van der Waals surface area (Å²) in [7, 11) is 0. The maximum Gasteiger partial charge on any atom is 0.270 e. The summed E-state index contributed by atoms with van der Waals surface area (Å²) >= 11 is 1.57.